The van der Waals surface area contributed by atoms with Crippen LogP contribution in [-0.4, -0.2) is 36.5 Å². The highest BCUT2D eigenvalue weighted by atomic mass is 35.5. The standard InChI is InChI=1S/C33H35Cl2N3O6/c1-2-3-4-5-6-7-8-9-30(39)36-22-31(40)38-37-21-25-14-19-28(43-32(41)23-10-15-26(34)16-11-23)20-29(25)44-33(42)24-12-17-27(35)18-13-24/h10-21H,2-9,22H2,1H3,(H,36,39)(H,38,40). The van der Waals surface area contributed by atoms with Crippen LogP contribution in [0.5, 0.6) is 11.5 Å². The highest BCUT2D eigenvalue weighted by molar-refractivity contribution is 6.31. The molecule has 0 aromatic heterocycles. The second-order valence-corrected chi connectivity index (χ2v) is 10.8. The van der Waals surface area contributed by atoms with Gasteiger partial charge in [-0.05, 0) is 67.1 Å². The highest BCUT2D eigenvalue weighted by Crippen LogP contribution is 2.26. The van der Waals surface area contributed by atoms with Crippen molar-refractivity contribution >= 4 is 53.2 Å². The maximum Gasteiger partial charge on any atom is 0.343 e. The zero-order chi connectivity index (χ0) is 31.7. The SMILES string of the molecule is CCCCCCCCCC(=O)NCC(=O)NN=Cc1ccc(OC(=O)c2ccc(Cl)cc2)cc1OC(=O)c1ccc(Cl)cc1. The number of amides is 2. The summed E-state index contributed by atoms with van der Waals surface area (Å²) >= 11 is 11.8. The molecule has 0 saturated carbocycles. The first-order valence-electron chi connectivity index (χ1n) is 14.4. The van der Waals surface area contributed by atoms with Crippen molar-refractivity contribution in [2.45, 2.75) is 58.3 Å². The maximum atomic E-state index is 12.8. The fourth-order valence-corrected chi connectivity index (χ4v) is 4.25. The van der Waals surface area contributed by atoms with Crippen molar-refractivity contribution in [2.75, 3.05) is 6.54 Å². The van der Waals surface area contributed by atoms with Gasteiger partial charge in [-0.1, -0.05) is 68.7 Å². The number of nitrogens with zero attached hydrogens (tertiary/aromatic N) is 1. The van der Waals surface area contributed by atoms with Crippen LogP contribution in [0.2, 0.25) is 10.0 Å². The van der Waals surface area contributed by atoms with Crippen LogP contribution in [0.4, 0.5) is 0 Å². The van der Waals surface area contributed by atoms with Crippen molar-refractivity contribution in [1.29, 1.82) is 0 Å². The normalized spacial score (nSPS) is 10.8. The van der Waals surface area contributed by atoms with Crippen molar-refractivity contribution in [2.24, 2.45) is 5.10 Å². The third-order valence-corrected chi connectivity index (χ3v) is 6.91. The predicted molar refractivity (Wildman–Crippen MR) is 171 cm³/mol. The van der Waals surface area contributed by atoms with Crippen LogP contribution in [0.15, 0.2) is 71.8 Å². The van der Waals surface area contributed by atoms with E-state index in [0.717, 1.165) is 19.3 Å². The number of esters is 2. The average Bonchev–Trinajstić information content (AvgIpc) is 3.01. The molecule has 0 fully saturated rings. The van der Waals surface area contributed by atoms with Crippen LogP contribution >= 0.6 is 23.2 Å². The lowest BCUT2D eigenvalue weighted by molar-refractivity contribution is -0.126. The minimum Gasteiger partial charge on any atom is -0.423 e. The molecular formula is C33H35Cl2N3O6. The van der Waals surface area contributed by atoms with Crippen molar-refractivity contribution in [1.82, 2.24) is 10.7 Å². The van der Waals surface area contributed by atoms with Crippen molar-refractivity contribution in [3.05, 3.63) is 93.5 Å². The molecule has 3 aromatic carbocycles. The van der Waals surface area contributed by atoms with Crippen molar-refractivity contribution in [3.8, 4) is 11.5 Å². The van der Waals surface area contributed by atoms with Crippen LogP contribution in [0.1, 0.15) is 84.6 Å². The summed E-state index contributed by atoms with van der Waals surface area (Å²) < 4.78 is 11.0. The first kappa shape index (κ1) is 34.3. The fraction of sp³-hybridized carbons (Fsp3) is 0.303. The zero-order valence-corrected chi connectivity index (χ0v) is 26.0. The van der Waals surface area contributed by atoms with Gasteiger partial charge >= 0.3 is 11.9 Å². The molecular weight excluding hydrogens is 605 g/mol. The number of carbonyl (C=O) groups excluding carboxylic acids is 4. The summed E-state index contributed by atoms with van der Waals surface area (Å²) in [4.78, 5) is 49.7. The predicted octanol–water partition coefficient (Wildman–Crippen LogP) is 7.14. The number of unbranched alkanes of at least 4 members (excludes halogenated alkanes) is 6. The largest absolute Gasteiger partial charge is 0.423 e. The van der Waals surface area contributed by atoms with Gasteiger partial charge in [-0.25, -0.2) is 15.0 Å². The lowest BCUT2D eigenvalue weighted by Crippen LogP contribution is -2.34. The second kappa shape index (κ2) is 18.5. The first-order valence-corrected chi connectivity index (χ1v) is 15.2. The number of hydrazone groups is 1. The maximum absolute atomic E-state index is 12.8. The number of hydrogen-bond donors (Lipinski definition) is 2. The Morgan fingerprint density at radius 2 is 1.30 bits per heavy atom. The van der Waals surface area contributed by atoms with E-state index in [0.29, 0.717) is 22.0 Å². The molecule has 11 heteroatoms. The number of benzene rings is 3. The minimum atomic E-state index is -0.690. The highest BCUT2D eigenvalue weighted by Gasteiger charge is 2.15. The fourth-order valence-electron chi connectivity index (χ4n) is 3.99. The lowest BCUT2D eigenvalue weighted by atomic mass is 10.1. The van der Waals surface area contributed by atoms with Crippen LogP contribution in [-0.2, 0) is 9.59 Å². The summed E-state index contributed by atoms with van der Waals surface area (Å²) in [6, 6.07) is 16.6. The molecule has 0 aliphatic rings. The van der Waals surface area contributed by atoms with E-state index < -0.39 is 17.8 Å². The van der Waals surface area contributed by atoms with Crippen LogP contribution in [0.3, 0.4) is 0 Å². The molecule has 2 N–H and O–H groups in total. The van der Waals surface area contributed by atoms with E-state index >= 15 is 0 Å². The summed E-state index contributed by atoms with van der Waals surface area (Å²) in [6.45, 7) is 1.94. The molecule has 232 valence electrons. The summed E-state index contributed by atoms with van der Waals surface area (Å²) in [5, 5.41) is 7.43. The molecule has 0 heterocycles. The lowest BCUT2D eigenvalue weighted by Gasteiger charge is -2.11. The molecule has 0 aliphatic carbocycles. The zero-order valence-electron chi connectivity index (χ0n) is 24.4. The third kappa shape index (κ3) is 12.2. The van der Waals surface area contributed by atoms with Gasteiger partial charge in [-0.15, -0.1) is 0 Å². The molecule has 0 atom stereocenters. The van der Waals surface area contributed by atoms with Gasteiger partial charge in [-0.3, -0.25) is 9.59 Å². The van der Waals surface area contributed by atoms with Gasteiger partial charge in [0.15, 0.2) is 0 Å². The Morgan fingerprint density at radius 3 is 1.91 bits per heavy atom. The third-order valence-electron chi connectivity index (χ3n) is 6.40. The Kier molecular flexibility index (Phi) is 14.4. The summed E-state index contributed by atoms with van der Waals surface area (Å²) in [6.07, 6.45) is 9.33. The van der Waals surface area contributed by atoms with Gasteiger partial charge in [-0.2, -0.15) is 5.10 Å². The van der Waals surface area contributed by atoms with E-state index in [1.165, 1.54) is 74.4 Å². The average molecular weight is 641 g/mol. The van der Waals surface area contributed by atoms with Gasteiger partial charge in [0, 0.05) is 28.1 Å². The molecule has 0 radical (unpaired) electrons. The van der Waals surface area contributed by atoms with Gasteiger partial charge in [0.05, 0.1) is 23.9 Å². The number of hydrogen-bond acceptors (Lipinski definition) is 7. The van der Waals surface area contributed by atoms with Gasteiger partial charge in [0.2, 0.25) is 5.91 Å². The van der Waals surface area contributed by atoms with Gasteiger partial charge in [0.1, 0.15) is 11.5 Å². The molecule has 0 unspecified atom stereocenters. The van der Waals surface area contributed by atoms with Crippen LogP contribution in [0.25, 0.3) is 0 Å². The van der Waals surface area contributed by atoms with E-state index in [9.17, 15) is 19.2 Å². The topological polar surface area (TPSA) is 123 Å². The molecule has 44 heavy (non-hydrogen) atoms. The first-order chi connectivity index (χ1) is 21.2. The minimum absolute atomic E-state index is 0.0207. The van der Waals surface area contributed by atoms with E-state index in [4.69, 9.17) is 32.7 Å². The Hall–Kier alpha value is -4.21. The Labute approximate surface area is 266 Å². The van der Waals surface area contributed by atoms with Gasteiger partial charge < -0.3 is 14.8 Å². The second-order valence-electron chi connectivity index (χ2n) is 9.93. The Morgan fingerprint density at radius 1 is 0.727 bits per heavy atom. The number of carbonyl (C=O) groups is 4. The van der Waals surface area contributed by atoms with Crippen molar-refractivity contribution < 1.29 is 28.7 Å². The van der Waals surface area contributed by atoms with E-state index in [1.54, 1.807) is 24.3 Å². The number of rotatable bonds is 16. The van der Waals surface area contributed by atoms with Crippen molar-refractivity contribution in [3.63, 3.8) is 0 Å². The number of ether oxygens (including phenoxy) is 2. The van der Waals surface area contributed by atoms with Gasteiger partial charge in [0.25, 0.3) is 5.91 Å². The summed E-state index contributed by atoms with van der Waals surface area (Å²) in [7, 11) is 0. The molecule has 3 aromatic rings. The monoisotopic (exact) mass is 639 g/mol. The molecule has 0 aliphatic heterocycles. The molecule has 3 rings (SSSR count). The van der Waals surface area contributed by atoms with Crippen LogP contribution < -0.4 is 20.2 Å². The Balaban J connectivity index is 1.60. The van der Waals surface area contributed by atoms with E-state index in [1.807, 2.05) is 0 Å². The van der Waals surface area contributed by atoms with Crippen LogP contribution in [0, 0.1) is 0 Å². The summed E-state index contributed by atoms with van der Waals surface area (Å²) in [5.74, 6) is -1.93. The smallest absolute Gasteiger partial charge is 0.343 e. The molecule has 0 bridgehead atoms. The summed E-state index contributed by atoms with van der Waals surface area (Å²) in [5.41, 5.74) is 3.16. The molecule has 0 spiro atoms. The molecule has 9 nitrogen and oxygen atoms in total. The molecule has 0 saturated heterocycles. The number of nitrogens with one attached hydrogen (secondary N) is 2. The number of halogens is 2. The quantitative estimate of drug-likeness (QED) is 0.0564. The van der Waals surface area contributed by atoms with E-state index in [-0.39, 0.29) is 35.1 Å². The molecule has 2 amide bonds. The van der Waals surface area contributed by atoms with E-state index in [2.05, 4.69) is 22.8 Å². The Bertz CT molecular complexity index is 1440.